The first-order valence-electron chi connectivity index (χ1n) is 4.29. The molecule has 0 unspecified atom stereocenters. The molecule has 0 heterocycles. The van der Waals surface area contributed by atoms with Crippen LogP contribution in [0, 0.1) is 5.41 Å². The van der Waals surface area contributed by atoms with Crippen molar-refractivity contribution in [3.63, 3.8) is 0 Å². The Bertz CT molecular complexity index is 175. The Hall–Kier alpha value is -0.770. The van der Waals surface area contributed by atoms with E-state index < -0.39 is 0 Å². The summed E-state index contributed by atoms with van der Waals surface area (Å²) in [6.45, 7) is 1.11. The van der Waals surface area contributed by atoms with Gasteiger partial charge < -0.3 is 16.2 Å². The maximum absolute atomic E-state index is 8.78. The van der Waals surface area contributed by atoms with Crippen LogP contribution in [0.15, 0.2) is 4.99 Å². The van der Waals surface area contributed by atoms with Gasteiger partial charge in [0.05, 0.1) is 0 Å². The van der Waals surface area contributed by atoms with E-state index in [0.717, 1.165) is 13.0 Å². The first-order chi connectivity index (χ1) is 5.72. The molecule has 0 radical (unpaired) electrons. The highest BCUT2D eigenvalue weighted by molar-refractivity contribution is 5.77. The molecule has 12 heavy (non-hydrogen) atoms. The lowest BCUT2D eigenvalue weighted by Crippen LogP contribution is -2.36. The Morgan fingerprint density at radius 1 is 1.67 bits per heavy atom. The average Bonchev–Trinajstić information content (AvgIpc) is 2.82. The summed E-state index contributed by atoms with van der Waals surface area (Å²) in [5, 5.41) is 11.8. The van der Waals surface area contributed by atoms with Gasteiger partial charge in [0.2, 0.25) is 0 Å². The number of hydrogen-bond donors (Lipinski definition) is 3. The zero-order valence-corrected chi connectivity index (χ0v) is 7.51. The highest BCUT2D eigenvalue weighted by Gasteiger charge is 2.41. The van der Waals surface area contributed by atoms with Crippen LogP contribution in [-0.2, 0) is 0 Å². The largest absolute Gasteiger partial charge is 0.396 e. The zero-order chi connectivity index (χ0) is 9.03. The Balaban J connectivity index is 2.22. The summed E-state index contributed by atoms with van der Waals surface area (Å²) in [7, 11) is 1.66. The molecule has 0 atom stereocenters. The second kappa shape index (κ2) is 3.76. The molecule has 1 aliphatic rings. The van der Waals surface area contributed by atoms with E-state index >= 15 is 0 Å². The lowest BCUT2D eigenvalue weighted by Gasteiger charge is -2.14. The van der Waals surface area contributed by atoms with Gasteiger partial charge >= 0.3 is 0 Å². The molecule has 0 aromatic carbocycles. The monoisotopic (exact) mass is 171 g/mol. The number of rotatable bonds is 4. The van der Waals surface area contributed by atoms with Crippen LogP contribution in [-0.4, -0.2) is 31.3 Å². The number of nitrogens with zero attached hydrogens (tertiary/aromatic N) is 1. The van der Waals surface area contributed by atoms with Crippen LogP contribution >= 0.6 is 0 Å². The van der Waals surface area contributed by atoms with Gasteiger partial charge in [-0.05, 0) is 24.7 Å². The van der Waals surface area contributed by atoms with Gasteiger partial charge in [0, 0.05) is 20.2 Å². The molecule has 4 heteroatoms. The summed E-state index contributed by atoms with van der Waals surface area (Å²) in [6, 6.07) is 0. The highest BCUT2D eigenvalue weighted by Crippen LogP contribution is 2.47. The van der Waals surface area contributed by atoms with Gasteiger partial charge in [0.15, 0.2) is 5.96 Å². The number of aliphatic hydroxyl groups is 1. The second-order valence-corrected chi connectivity index (χ2v) is 3.44. The zero-order valence-electron chi connectivity index (χ0n) is 7.51. The molecule has 1 rings (SSSR count). The first kappa shape index (κ1) is 9.32. The maximum Gasteiger partial charge on any atom is 0.188 e. The van der Waals surface area contributed by atoms with Crippen LogP contribution in [0.3, 0.4) is 0 Å². The van der Waals surface area contributed by atoms with Crippen LogP contribution in [0.4, 0.5) is 0 Å². The summed E-state index contributed by atoms with van der Waals surface area (Å²) < 4.78 is 0. The fraction of sp³-hybridized carbons (Fsp3) is 0.875. The molecule has 4 nitrogen and oxygen atoms in total. The van der Waals surface area contributed by atoms with Crippen LogP contribution in [0.25, 0.3) is 0 Å². The molecule has 0 amide bonds. The number of aliphatic imine (C=N–C) groups is 1. The van der Waals surface area contributed by atoms with Crippen molar-refractivity contribution < 1.29 is 5.11 Å². The number of aliphatic hydroxyl groups excluding tert-OH is 1. The molecule has 0 bridgehead atoms. The molecule has 0 aromatic rings. The third kappa shape index (κ3) is 2.37. The molecule has 0 aromatic heterocycles. The quantitative estimate of drug-likeness (QED) is 0.401. The molecule has 4 N–H and O–H groups in total. The third-order valence-corrected chi connectivity index (χ3v) is 2.48. The minimum atomic E-state index is 0.269. The molecule has 70 valence electrons. The number of guanidine groups is 1. The van der Waals surface area contributed by atoms with E-state index in [0.29, 0.717) is 11.4 Å². The Morgan fingerprint density at radius 2 is 2.33 bits per heavy atom. The van der Waals surface area contributed by atoms with Gasteiger partial charge in [-0.3, -0.25) is 4.99 Å². The van der Waals surface area contributed by atoms with Crippen molar-refractivity contribution in [2.75, 3.05) is 20.2 Å². The van der Waals surface area contributed by atoms with Crippen LogP contribution in [0.2, 0.25) is 0 Å². The van der Waals surface area contributed by atoms with Crippen LogP contribution in [0.5, 0.6) is 0 Å². The normalized spacial score (nSPS) is 20.7. The second-order valence-electron chi connectivity index (χ2n) is 3.44. The number of nitrogens with two attached hydrogens (primary N) is 1. The van der Waals surface area contributed by atoms with Gasteiger partial charge in [-0.1, -0.05) is 0 Å². The Kier molecular flexibility index (Phi) is 2.92. The summed E-state index contributed by atoms with van der Waals surface area (Å²) in [5.74, 6) is 0.485. The van der Waals surface area contributed by atoms with Crippen molar-refractivity contribution in [2.24, 2.45) is 16.1 Å². The van der Waals surface area contributed by atoms with Crippen molar-refractivity contribution in [1.82, 2.24) is 5.32 Å². The van der Waals surface area contributed by atoms with Crippen molar-refractivity contribution in [1.29, 1.82) is 0 Å². The van der Waals surface area contributed by atoms with Gasteiger partial charge in [0.1, 0.15) is 0 Å². The SMILES string of the molecule is CN=C(N)NCC1(CCO)CC1. The third-order valence-electron chi connectivity index (χ3n) is 2.48. The Labute approximate surface area is 72.9 Å². The van der Waals surface area contributed by atoms with E-state index in [4.69, 9.17) is 10.8 Å². The van der Waals surface area contributed by atoms with E-state index in [-0.39, 0.29) is 6.61 Å². The summed E-state index contributed by atoms with van der Waals surface area (Å²) in [4.78, 5) is 3.80. The molecule has 0 saturated heterocycles. The van der Waals surface area contributed by atoms with Gasteiger partial charge in [-0.25, -0.2) is 0 Å². The predicted octanol–water partition coefficient (Wildman–Crippen LogP) is -0.317. The van der Waals surface area contributed by atoms with Crippen molar-refractivity contribution in [3.05, 3.63) is 0 Å². The van der Waals surface area contributed by atoms with Crippen LogP contribution in [0.1, 0.15) is 19.3 Å². The highest BCUT2D eigenvalue weighted by atomic mass is 16.3. The molecular weight excluding hydrogens is 154 g/mol. The van der Waals surface area contributed by atoms with E-state index in [2.05, 4.69) is 10.3 Å². The van der Waals surface area contributed by atoms with Crippen molar-refractivity contribution in [2.45, 2.75) is 19.3 Å². The van der Waals surface area contributed by atoms with Crippen molar-refractivity contribution in [3.8, 4) is 0 Å². The van der Waals surface area contributed by atoms with Gasteiger partial charge in [-0.2, -0.15) is 0 Å². The summed E-state index contributed by atoms with van der Waals surface area (Å²) in [5.41, 5.74) is 5.79. The fourth-order valence-electron chi connectivity index (χ4n) is 1.29. The van der Waals surface area contributed by atoms with Gasteiger partial charge in [0.25, 0.3) is 0 Å². The summed E-state index contributed by atoms with van der Waals surface area (Å²) >= 11 is 0. The Morgan fingerprint density at radius 3 is 2.75 bits per heavy atom. The lowest BCUT2D eigenvalue weighted by atomic mass is 10.0. The van der Waals surface area contributed by atoms with E-state index in [1.807, 2.05) is 0 Å². The molecule has 1 aliphatic carbocycles. The van der Waals surface area contributed by atoms with E-state index in [1.165, 1.54) is 12.8 Å². The standard InChI is InChI=1S/C8H17N3O/c1-10-7(9)11-6-8(2-3-8)4-5-12/h12H,2-6H2,1H3,(H3,9,10,11). The topological polar surface area (TPSA) is 70.6 Å². The average molecular weight is 171 g/mol. The molecule has 1 fully saturated rings. The maximum atomic E-state index is 8.78. The lowest BCUT2D eigenvalue weighted by molar-refractivity contribution is 0.248. The molecule has 0 aliphatic heterocycles. The molecular formula is C8H17N3O. The first-order valence-corrected chi connectivity index (χ1v) is 4.29. The van der Waals surface area contributed by atoms with Gasteiger partial charge in [-0.15, -0.1) is 0 Å². The van der Waals surface area contributed by atoms with Crippen LogP contribution < -0.4 is 11.1 Å². The molecule has 0 spiro atoms. The molecule has 1 saturated carbocycles. The number of nitrogens with one attached hydrogen (secondary N) is 1. The smallest absolute Gasteiger partial charge is 0.188 e. The van der Waals surface area contributed by atoms with E-state index in [9.17, 15) is 0 Å². The van der Waals surface area contributed by atoms with E-state index in [1.54, 1.807) is 7.05 Å². The predicted molar refractivity (Wildman–Crippen MR) is 48.9 cm³/mol. The summed E-state index contributed by atoms with van der Waals surface area (Å²) in [6.07, 6.45) is 3.26. The number of hydrogen-bond acceptors (Lipinski definition) is 2. The van der Waals surface area contributed by atoms with Crippen molar-refractivity contribution >= 4 is 5.96 Å². The fourth-order valence-corrected chi connectivity index (χ4v) is 1.29. The minimum Gasteiger partial charge on any atom is -0.396 e. The minimum absolute atomic E-state index is 0.269.